The Morgan fingerprint density at radius 3 is 2.69 bits per heavy atom. The first kappa shape index (κ1) is 8.75. The molecule has 3 heteroatoms. The Kier molecular flexibility index (Phi) is 2.36. The topological polar surface area (TPSA) is 18.5 Å². The van der Waals surface area contributed by atoms with Crippen molar-refractivity contribution in [2.24, 2.45) is 5.92 Å². The van der Waals surface area contributed by atoms with Crippen molar-refractivity contribution in [3.05, 3.63) is 18.2 Å². The van der Waals surface area contributed by atoms with Gasteiger partial charge in [-0.2, -0.15) is 0 Å². The first-order valence-corrected chi connectivity index (χ1v) is 4.79. The summed E-state index contributed by atoms with van der Waals surface area (Å²) in [6.45, 7) is 3.54. The van der Waals surface area contributed by atoms with Crippen LogP contribution in [0.5, 0.6) is 11.5 Å². The van der Waals surface area contributed by atoms with Crippen molar-refractivity contribution in [3.8, 4) is 11.5 Å². The lowest BCUT2D eigenvalue weighted by Crippen LogP contribution is -2.12. The molecule has 1 aliphatic rings. The lowest BCUT2D eigenvalue weighted by atomic mass is 10.2. The van der Waals surface area contributed by atoms with Crippen LogP contribution in [0, 0.1) is 5.92 Å². The summed E-state index contributed by atoms with van der Waals surface area (Å²) in [4.78, 5) is 0.900. The van der Waals surface area contributed by atoms with Gasteiger partial charge in [0, 0.05) is 10.8 Å². The summed E-state index contributed by atoms with van der Waals surface area (Å²) in [7, 11) is 0. The van der Waals surface area contributed by atoms with Crippen LogP contribution in [0.2, 0.25) is 0 Å². The van der Waals surface area contributed by atoms with E-state index in [2.05, 4.69) is 19.6 Å². The van der Waals surface area contributed by atoms with Crippen LogP contribution in [0.15, 0.2) is 23.1 Å². The minimum Gasteiger partial charge on any atom is -0.489 e. The molecule has 70 valence electrons. The molecular weight excluding hydrogens is 184 g/mol. The monoisotopic (exact) mass is 196 g/mol. The number of rotatable bonds is 0. The van der Waals surface area contributed by atoms with E-state index in [1.165, 1.54) is 0 Å². The number of hydrogen-bond donors (Lipinski definition) is 1. The molecule has 1 aromatic rings. The Labute approximate surface area is 83.3 Å². The van der Waals surface area contributed by atoms with Gasteiger partial charge in [0.05, 0.1) is 13.2 Å². The predicted molar refractivity (Wildman–Crippen MR) is 53.8 cm³/mol. The molecule has 0 saturated heterocycles. The van der Waals surface area contributed by atoms with Crippen LogP contribution >= 0.6 is 12.6 Å². The van der Waals surface area contributed by atoms with Gasteiger partial charge in [0.15, 0.2) is 11.5 Å². The minimum atomic E-state index is 0.441. The molecule has 1 heterocycles. The highest BCUT2D eigenvalue weighted by atomic mass is 32.1. The lowest BCUT2D eigenvalue weighted by Gasteiger charge is -2.06. The maximum absolute atomic E-state index is 5.57. The molecule has 0 N–H and O–H groups in total. The van der Waals surface area contributed by atoms with Gasteiger partial charge in [-0.15, -0.1) is 12.6 Å². The number of fused-ring (bicyclic) bond motifs is 1. The summed E-state index contributed by atoms with van der Waals surface area (Å²) >= 11 is 4.24. The highest BCUT2D eigenvalue weighted by molar-refractivity contribution is 7.80. The number of hydrogen-bond acceptors (Lipinski definition) is 3. The first-order valence-electron chi connectivity index (χ1n) is 4.34. The Bertz CT molecular complexity index is 312. The fourth-order valence-corrected chi connectivity index (χ4v) is 1.43. The van der Waals surface area contributed by atoms with Gasteiger partial charge in [-0.25, -0.2) is 0 Å². The average Bonchev–Trinajstić information content (AvgIpc) is 2.29. The molecule has 0 fully saturated rings. The van der Waals surface area contributed by atoms with Crippen molar-refractivity contribution in [1.82, 2.24) is 0 Å². The van der Waals surface area contributed by atoms with E-state index in [4.69, 9.17) is 9.47 Å². The van der Waals surface area contributed by atoms with E-state index in [0.29, 0.717) is 12.5 Å². The van der Waals surface area contributed by atoms with E-state index in [1.807, 2.05) is 18.2 Å². The van der Waals surface area contributed by atoms with Crippen LogP contribution in [0.4, 0.5) is 0 Å². The molecule has 13 heavy (non-hydrogen) atoms. The van der Waals surface area contributed by atoms with Crippen LogP contribution < -0.4 is 9.47 Å². The lowest BCUT2D eigenvalue weighted by molar-refractivity contribution is 0.228. The highest BCUT2D eigenvalue weighted by Gasteiger charge is 2.14. The molecule has 1 aliphatic heterocycles. The van der Waals surface area contributed by atoms with Gasteiger partial charge in [0.25, 0.3) is 0 Å². The Balaban J connectivity index is 2.30. The molecule has 0 aliphatic carbocycles. The van der Waals surface area contributed by atoms with Gasteiger partial charge in [0.1, 0.15) is 0 Å². The molecule has 0 bridgehead atoms. The van der Waals surface area contributed by atoms with E-state index < -0.39 is 0 Å². The van der Waals surface area contributed by atoms with Crippen molar-refractivity contribution in [2.75, 3.05) is 13.2 Å². The van der Waals surface area contributed by atoms with E-state index in [-0.39, 0.29) is 0 Å². The molecule has 2 nitrogen and oxygen atoms in total. The van der Waals surface area contributed by atoms with Crippen molar-refractivity contribution < 1.29 is 9.47 Å². The van der Waals surface area contributed by atoms with Crippen LogP contribution in [-0.4, -0.2) is 13.2 Å². The smallest absolute Gasteiger partial charge is 0.162 e. The maximum Gasteiger partial charge on any atom is 0.162 e. The quantitative estimate of drug-likeness (QED) is 0.642. The number of benzene rings is 1. The summed E-state index contributed by atoms with van der Waals surface area (Å²) in [5.74, 6) is 2.06. The summed E-state index contributed by atoms with van der Waals surface area (Å²) in [6.07, 6.45) is 0. The predicted octanol–water partition coefficient (Wildman–Crippen LogP) is 2.38. The molecule has 0 saturated carbocycles. The summed E-state index contributed by atoms with van der Waals surface area (Å²) in [6, 6.07) is 5.69. The molecule has 2 rings (SSSR count). The third-order valence-corrected chi connectivity index (χ3v) is 2.25. The molecule has 0 aromatic heterocycles. The summed E-state index contributed by atoms with van der Waals surface area (Å²) in [5.41, 5.74) is 0. The van der Waals surface area contributed by atoms with E-state index in [1.54, 1.807) is 0 Å². The second-order valence-corrected chi connectivity index (χ2v) is 3.87. The molecule has 1 unspecified atom stereocenters. The Morgan fingerprint density at radius 2 is 1.92 bits per heavy atom. The first-order chi connectivity index (χ1) is 6.25. The van der Waals surface area contributed by atoms with Crippen LogP contribution in [0.3, 0.4) is 0 Å². The standard InChI is InChI=1S/C10H12O2S/c1-7-5-11-9-3-2-8(13)4-10(9)12-6-7/h2-4,7,13H,5-6H2,1H3. The van der Waals surface area contributed by atoms with Gasteiger partial charge in [-0.05, 0) is 18.2 Å². The molecule has 1 atom stereocenters. The van der Waals surface area contributed by atoms with Crippen LogP contribution in [0.25, 0.3) is 0 Å². The van der Waals surface area contributed by atoms with Crippen LogP contribution in [0.1, 0.15) is 6.92 Å². The second kappa shape index (κ2) is 3.50. The minimum absolute atomic E-state index is 0.441. The zero-order chi connectivity index (χ0) is 9.26. The largest absolute Gasteiger partial charge is 0.489 e. The Hall–Kier alpha value is -0.830. The van der Waals surface area contributed by atoms with Gasteiger partial charge in [0.2, 0.25) is 0 Å². The number of ether oxygens (including phenoxy) is 2. The fraction of sp³-hybridized carbons (Fsp3) is 0.400. The SMILES string of the molecule is CC1COc2ccc(S)cc2OC1. The second-order valence-electron chi connectivity index (χ2n) is 3.36. The van der Waals surface area contributed by atoms with Crippen molar-refractivity contribution in [3.63, 3.8) is 0 Å². The van der Waals surface area contributed by atoms with Crippen molar-refractivity contribution in [2.45, 2.75) is 11.8 Å². The normalized spacial score (nSPS) is 20.9. The summed E-state index contributed by atoms with van der Waals surface area (Å²) in [5, 5.41) is 0. The molecule has 0 spiro atoms. The molecule has 0 amide bonds. The van der Waals surface area contributed by atoms with Gasteiger partial charge < -0.3 is 9.47 Å². The average molecular weight is 196 g/mol. The van der Waals surface area contributed by atoms with Gasteiger partial charge in [-0.3, -0.25) is 0 Å². The number of thiol groups is 1. The van der Waals surface area contributed by atoms with Gasteiger partial charge >= 0.3 is 0 Å². The molecule has 1 aromatic carbocycles. The van der Waals surface area contributed by atoms with E-state index in [0.717, 1.165) is 23.0 Å². The maximum atomic E-state index is 5.57. The van der Waals surface area contributed by atoms with E-state index >= 15 is 0 Å². The Morgan fingerprint density at radius 1 is 1.23 bits per heavy atom. The van der Waals surface area contributed by atoms with Crippen LogP contribution in [-0.2, 0) is 0 Å². The molecule has 0 radical (unpaired) electrons. The third-order valence-electron chi connectivity index (χ3n) is 1.97. The highest BCUT2D eigenvalue weighted by Crippen LogP contribution is 2.32. The van der Waals surface area contributed by atoms with Crippen molar-refractivity contribution >= 4 is 12.6 Å². The zero-order valence-corrected chi connectivity index (χ0v) is 8.38. The van der Waals surface area contributed by atoms with Gasteiger partial charge in [-0.1, -0.05) is 6.92 Å². The van der Waals surface area contributed by atoms with E-state index in [9.17, 15) is 0 Å². The fourth-order valence-electron chi connectivity index (χ4n) is 1.24. The zero-order valence-electron chi connectivity index (χ0n) is 7.49. The van der Waals surface area contributed by atoms with Crippen molar-refractivity contribution in [1.29, 1.82) is 0 Å². The summed E-state index contributed by atoms with van der Waals surface area (Å²) < 4.78 is 11.1. The molecular formula is C10H12O2S. The third kappa shape index (κ3) is 1.91.